The Labute approximate surface area is 83.9 Å². The predicted molar refractivity (Wildman–Crippen MR) is 54.9 cm³/mol. The fourth-order valence-corrected chi connectivity index (χ4v) is 2.08. The lowest BCUT2D eigenvalue weighted by Gasteiger charge is -2.17. The number of hydrogen-bond acceptors (Lipinski definition) is 3. The highest BCUT2D eigenvalue weighted by Gasteiger charge is 2.41. The van der Waals surface area contributed by atoms with Crippen molar-refractivity contribution in [3.63, 3.8) is 0 Å². The van der Waals surface area contributed by atoms with E-state index >= 15 is 0 Å². The summed E-state index contributed by atoms with van der Waals surface area (Å²) < 4.78 is 0. The summed E-state index contributed by atoms with van der Waals surface area (Å²) in [6, 6.07) is 4.61. The van der Waals surface area contributed by atoms with Crippen molar-refractivity contribution >= 4 is 5.82 Å². The van der Waals surface area contributed by atoms with Crippen molar-refractivity contribution in [1.29, 1.82) is 0 Å². The summed E-state index contributed by atoms with van der Waals surface area (Å²) in [6.07, 6.45) is 7.31. The van der Waals surface area contributed by atoms with Crippen molar-refractivity contribution in [1.82, 2.24) is 10.2 Å². The van der Waals surface area contributed by atoms with Gasteiger partial charge in [-0.05, 0) is 49.7 Å². The number of aromatic nitrogens is 2. The van der Waals surface area contributed by atoms with Gasteiger partial charge < -0.3 is 5.32 Å². The maximum Gasteiger partial charge on any atom is 0.148 e. The van der Waals surface area contributed by atoms with Crippen LogP contribution in [0, 0.1) is 11.8 Å². The highest BCUT2D eigenvalue weighted by Crippen LogP contribution is 2.45. The summed E-state index contributed by atoms with van der Waals surface area (Å²) in [5.74, 6) is 2.75. The van der Waals surface area contributed by atoms with Crippen molar-refractivity contribution in [3.05, 3.63) is 18.3 Å². The van der Waals surface area contributed by atoms with Crippen LogP contribution in [0.2, 0.25) is 0 Å². The minimum absolute atomic E-state index is 0.673. The van der Waals surface area contributed by atoms with E-state index in [-0.39, 0.29) is 0 Å². The third-order valence-corrected chi connectivity index (χ3v) is 3.15. The molecular weight excluding hydrogens is 174 g/mol. The molecule has 0 radical (unpaired) electrons. The van der Waals surface area contributed by atoms with Crippen LogP contribution in [-0.2, 0) is 0 Å². The van der Waals surface area contributed by atoms with E-state index in [9.17, 15) is 0 Å². The molecule has 1 aromatic rings. The maximum absolute atomic E-state index is 4.08. The maximum atomic E-state index is 4.08. The Kier molecular flexibility index (Phi) is 1.89. The van der Waals surface area contributed by atoms with E-state index in [1.807, 2.05) is 12.1 Å². The Morgan fingerprint density at radius 1 is 1.21 bits per heavy atom. The Hall–Kier alpha value is -1.12. The Morgan fingerprint density at radius 3 is 2.43 bits per heavy atom. The molecule has 3 rings (SSSR count). The van der Waals surface area contributed by atoms with Crippen molar-refractivity contribution in [2.75, 3.05) is 5.32 Å². The molecule has 2 saturated carbocycles. The van der Waals surface area contributed by atoms with Crippen LogP contribution in [0.3, 0.4) is 0 Å². The average Bonchev–Trinajstić information content (AvgIpc) is 3.08. The molecule has 74 valence electrons. The van der Waals surface area contributed by atoms with Crippen molar-refractivity contribution < 1.29 is 0 Å². The number of nitrogens with zero attached hydrogens (tertiary/aromatic N) is 2. The van der Waals surface area contributed by atoms with Gasteiger partial charge in [-0.25, -0.2) is 0 Å². The van der Waals surface area contributed by atoms with Crippen molar-refractivity contribution in [3.8, 4) is 0 Å². The molecule has 0 amide bonds. The largest absolute Gasteiger partial charge is 0.365 e. The van der Waals surface area contributed by atoms with Gasteiger partial charge in [0.1, 0.15) is 5.82 Å². The molecule has 3 nitrogen and oxygen atoms in total. The van der Waals surface area contributed by atoms with Crippen LogP contribution in [0.4, 0.5) is 5.82 Å². The average molecular weight is 189 g/mol. The molecule has 1 aromatic heterocycles. The molecule has 2 aliphatic rings. The number of hydrogen-bond donors (Lipinski definition) is 1. The highest BCUT2D eigenvalue weighted by atomic mass is 15.2. The molecule has 0 spiro atoms. The van der Waals surface area contributed by atoms with Gasteiger partial charge in [0.25, 0.3) is 0 Å². The monoisotopic (exact) mass is 189 g/mol. The molecular formula is C11H15N3. The lowest BCUT2D eigenvalue weighted by Crippen LogP contribution is -2.24. The van der Waals surface area contributed by atoms with Crippen LogP contribution in [0.15, 0.2) is 18.3 Å². The van der Waals surface area contributed by atoms with E-state index < -0.39 is 0 Å². The molecule has 0 aliphatic heterocycles. The summed E-state index contributed by atoms with van der Waals surface area (Å²) in [6.45, 7) is 0. The third kappa shape index (κ3) is 1.72. The molecule has 0 saturated heterocycles. The predicted octanol–water partition coefficient (Wildman–Crippen LogP) is 2.08. The first-order chi connectivity index (χ1) is 6.93. The van der Waals surface area contributed by atoms with Crippen molar-refractivity contribution in [2.45, 2.75) is 31.7 Å². The summed E-state index contributed by atoms with van der Waals surface area (Å²) >= 11 is 0. The van der Waals surface area contributed by atoms with Gasteiger partial charge in [-0.2, -0.15) is 5.10 Å². The standard InChI is InChI=1S/C11H15N3/c1-2-10(14-12-7-1)13-11(8-3-4-8)9-5-6-9/h1-2,7-9,11H,3-6H2,(H,13,14). The second kappa shape index (κ2) is 3.23. The second-order valence-electron chi connectivity index (χ2n) is 4.45. The molecule has 0 unspecified atom stereocenters. The third-order valence-electron chi connectivity index (χ3n) is 3.15. The van der Waals surface area contributed by atoms with Gasteiger partial charge in [0, 0.05) is 12.2 Å². The topological polar surface area (TPSA) is 37.8 Å². The zero-order valence-electron chi connectivity index (χ0n) is 8.19. The minimum Gasteiger partial charge on any atom is -0.365 e. The quantitative estimate of drug-likeness (QED) is 0.788. The summed E-state index contributed by atoms with van der Waals surface area (Å²) in [5.41, 5.74) is 0. The second-order valence-corrected chi connectivity index (χ2v) is 4.45. The van der Waals surface area contributed by atoms with Gasteiger partial charge in [-0.15, -0.1) is 5.10 Å². The van der Waals surface area contributed by atoms with E-state index in [1.54, 1.807) is 6.20 Å². The van der Waals surface area contributed by atoms with Crippen LogP contribution in [0.5, 0.6) is 0 Å². The zero-order chi connectivity index (χ0) is 9.38. The van der Waals surface area contributed by atoms with E-state index in [4.69, 9.17) is 0 Å². The van der Waals surface area contributed by atoms with Crippen molar-refractivity contribution in [2.24, 2.45) is 11.8 Å². The highest BCUT2D eigenvalue weighted by molar-refractivity contribution is 5.34. The van der Waals surface area contributed by atoms with E-state index in [0.717, 1.165) is 17.7 Å². The first-order valence-electron chi connectivity index (χ1n) is 5.48. The van der Waals surface area contributed by atoms with Crippen LogP contribution >= 0.6 is 0 Å². The van der Waals surface area contributed by atoms with Gasteiger partial charge in [-0.3, -0.25) is 0 Å². The van der Waals surface area contributed by atoms with E-state index in [2.05, 4.69) is 15.5 Å². The van der Waals surface area contributed by atoms with Gasteiger partial charge >= 0.3 is 0 Å². The summed E-state index contributed by atoms with van der Waals surface area (Å²) in [5, 5.41) is 11.5. The molecule has 1 N–H and O–H groups in total. The normalized spacial score (nSPS) is 21.2. The SMILES string of the molecule is c1cnnc(NC(C2CC2)C2CC2)c1. The van der Waals surface area contributed by atoms with Gasteiger partial charge in [0.15, 0.2) is 0 Å². The van der Waals surface area contributed by atoms with Crippen LogP contribution < -0.4 is 5.32 Å². The molecule has 0 bridgehead atoms. The molecule has 14 heavy (non-hydrogen) atoms. The lowest BCUT2D eigenvalue weighted by atomic mass is 10.1. The smallest absolute Gasteiger partial charge is 0.148 e. The Balaban J connectivity index is 1.69. The van der Waals surface area contributed by atoms with Gasteiger partial charge in [-0.1, -0.05) is 0 Å². The zero-order valence-corrected chi connectivity index (χ0v) is 8.19. The minimum atomic E-state index is 0.673. The summed E-state index contributed by atoms with van der Waals surface area (Å²) in [4.78, 5) is 0. The molecule has 3 heteroatoms. The molecule has 2 fully saturated rings. The molecule has 0 atom stereocenters. The van der Waals surface area contributed by atoms with Crippen LogP contribution in [0.1, 0.15) is 25.7 Å². The van der Waals surface area contributed by atoms with E-state index in [0.29, 0.717) is 6.04 Å². The Bertz CT molecular complexity index is 292. The lowest BCUT2D eigenvalue weighted by molar-refractivity contribution is 0.564. The number of rotatable bonds is 4. The van der Waals surface area contributed by atoms with Gasteiger partial charge in [0.05, 0.1) is 0 Å². The number of anilines is 1. The first-order valence-corrected chi connectivity index (χ1v) is 5.48. The molecule has 0 aromatic carbocycles. The van der Waals surface area contributed by atoms with E-state index in [1.165, 1.54) is 25.7 Å². The van der Waals surface area contributed by atoms with Gasteiger partial charge in [0.2, 0.25) is 0 Å². The fourth-order valence-electron chi connectivity index (χ4n) is 2.08. The first kappa shape index (κ1) is 8.21. The van der Waals surface area contributed by atoms with Crippen LogP contribution in [-0.4, -0.2) is 16.2 Å². The molecule has 2 aliphatic carbocycles. The Morgan fingerprint density at radius 2 is 1.93 bits per heavy atom. The summed E-state index contributed by atoms with van der Waals surface area (Å²) in [7, 11) is 0. The fraction of sp³-hybridized carbons (Fsp3) is 0.636. The molecule has 1 heterocycles. The number of nitrogens with one attached hydrogen (secondary N) is 1. The van der Waals surface area contributed by atoms with Crippen LogP contribution in [0.25, 0.3) is 0 Å².